The van der Waals surface area contributed by atoms with Gasteiger partial charge in [-0.2, -0.15) is 0 Å². The molecule has 0 atom stereocenters. The third-order valence-corrected chi connectivity index (χ3v) is 3.10. The fourth-order valence-electron chi connectivity index (χ4n) is 1.49. The Labute approximate surface area is 90.0 Å². The van der Waals surface area contributed by atoms with E-state index in [0.717, 1.165) is 18.4 Å². The average molecular weight is 259 g/mol. The first kappa shape index (κ1) is 10.1. The van der Waals surface area contributed by atoms with E-state index >= 15 is 0 Å². The van der Waals surface area contributed by atoms with Gasteiger partial charge in [0, 0.05) is 9.94 Å². The molecule has 0 saturated heterocycles. The van der Waals surface area contributed by atoms with Gasteiger partial charge in [0.2, 0.25) is 0 Å². The Balaban J connectivity index is 2.45. The highest BCUT2D eigenvalue weighted by Crippen LogP contribution is 2.43. The van der Waals surface area contributed by atoms with Crippen LogP contribution >= 0.6 is 15.9 Å². The fraction of sp³-hybridized carbons (Fsp3) is 0.333. The molecule has 5 heteroatoms. The topological polar surface area (TPSA) is 40.5 Å². The Hall–Kier alpha value is -0.385. The van der Waals surface area contributed by atoms with Crippen LogP contribution in [0.2, 0.25) is 0 Å². The van der Waals surface area contributed by atoms with Crippen molar-refractivity contribution in [3.05, 3.63) is 28.0 Å². The maximum Gasteiger partial charge on any atom is 0.491 e. The molecule has 14 heavy (non-hydrogen) atoms. The summed E-state index contributed by atoms with van der Waals surface area (Å²) in [5.74, 6) is -0.140. The highest BCUT2D eigenvalue weighted by Gasteiger charge is 2.28. The normalized spacial score (nSPS) is 15.7. The molecule has 0 spiro atoms. The molecule has 0 aliphatic heterocycles. The minimum atomic E-state index is -1.74. The van der Waals surface area contributed by atoms with E-state index in [1.54, 1.807) is 0 Å². The van der Waals surface area contributed by atoms with Gasteiger partial charge in [0.15, 0.2) is 0 Å². The molecule has 1 aliphatic carbocycles. The van der Waals surface area contributed by atoms with E-state index in [-0.39, 0.29) is 5.46 Å². The molecule has 0 amide bonds. The van der Waals surface area contributed by atoms with Gasteiger partial charge in [-0.15, -0.1) is 0 Å². The SMILES string of the molecule is OB(O)c1cc(C2CC2)c(Br)cc1F. The molecule has 2 rings (SSSR count). The third kappa shape index (κ3) is 1.85. The predicted octanol–water partition coefficient (Wildman–Crippen LogP) is 1.15. The first-order chi connectivity index (χ1) is 6.59. The van der Waals surface area contributed by atoms with Crippen molar-refractivity contribution in [3.63, 3.8) is 0 Å². The Morgan fingerprint density at radius 2 is 2.00 bits per heavy atom. The molecule has 1 aromatic carbocycles. The summed E-state index contributed by atoms with van der Waals surface area (Å²) in [6, 6.07) is 2.82. The van der Waals surface area contributed by atoms with Crippen molar-refractivity contribution >= 4 is 28.5 Å². The molecule has 74 valence electrons. The van der Waals surface area contributed by atoms with E-state index in [1.807, 2.05) is 0 Å². The molecule has 2 nitrogen and oxygen atoms in total. The lowest BCUT2D eigenvalue weighted by Crippen LogP contribution is -2.33. The highest BCUT2D eigenvalue weighted by molar-refractivity contribution is 9.10. The lowest BCUT2D eigenvalue weighted by molar-refractivity contribution is 0.423. The Morgan fingerprint density at radius 3 is 2.50 bits per heavy atom. The molecule has 0 bridgehead atoms. The van der Waals surface area contributed by atoms with E-state index in [1.165, 1.54) is 12.1 Å². The molecule has 1 fully saturated rings. The maximum atomic E-state index is 13.2. The predicted molar refractivity (Wildman–Crippen MR) is 55.9 cm³/mol. The maximum absolute atomic E-state index is 13.2. The largest absolute Gasteiger partial charge is 0.491 e. The molecule has 2 N–H and O–H groups in total. The number of halogens is 2. The summed E-state index contributed by atoms with van der Waals surface area (Å²) in [7, 11) is -1.74. The van der Waals surface area contributed by atoms with Gasteiger partial charge in [-0.05, 0) is 30.4 Å². The van der Waals surface area contributed by atoms with E-state index in [9.17, 15) is 4.39 Å². The van der Waals surface area contributed by atoms with Gasteiger partial charge in [-0.3, -0.25) is 0 Å². The van der Waals surface area contributed by atoms with Crippen LogP contribution in [0, 0.1) is 5.82 Å². The quantitative estimate of drug-likeness (QED) is 0.782. The van der Waals surface area contributed by atoms with Crippen molar-refractivity contribution in [1.29, 1.82) is 0 Å². The molecular weight excluding hydrogens is 250 g/mol. The van der Waals surface area contributed by atoms with E-state index in [4.69, 9.17) is 10.0 Å². The van der Waals surface area contributed by atoms with Crippen molar-refractivity contribution in [2.45, 2.75) is 18.8 Å². The van der Waals surface area contributed by atoms with Gasteiger partial charge in [-0.25, -0.2) is 4.39 Å². The second kappa shape index (κ2) is 3.64. The van der Waals surface area contributed by atoms with Crippen LogP contribution in [-0.2, 0) is 0 Å². The molecule has 0 aromatic heterocycles. The molecular formula is C9H9BBrFO2. The molecule has 1 aliphatic rings. The van der Waals surface area contributed by atoms with E-state index < -0.39 is 12.9 Å². The summed E-state index contributed by atoms with van der Waals surface area (Å²) in [5.41, 5.74) is 0.921. The van der Waals surface area contributed by atoms with Crippen LogP contribution in [0.1, 0.15) is 24.3 Å². The highest BCUT2D eigenvalue weighted by atomic mass is 79.9. The first-order valence-electron chi connectivity index (χ1n) is 4.44. The summed E-state index contributed by atoms with van der Waals surface area (Å²) in [6.45, 7) is 0. The minimum Gasteiger partial charge on any atom is -0.423 e. The van der Waals surface area contributed by atoms with Crippen LogP contribution in [-0.4, -0.2) is 17.2 Å². The Bertz CT molecular complexity index is 343. The number of benzene rings is 1. The summed E-state index contributed by atoms with van der Waals surface area (Å²) in [5, 5.41) is 17.8. The number of hydrogen-bond donors (Lipinski definition) is 2. The van der Waals surface area contributed by atoms with Gasteiger partial charge >= 0.3 is 7.12 Å². The third-order valence-electron chi connectivity index (χ3n) is 2.41. The lowest BCUT2D eigenvalue weighted by atomic mass is 9.78. The first-order valence-corrected chi connectivity index (χ1v) is 5.24. The molecule has 0 heterocycles. The van der Waals surface area contributed by atoms with E-state index in [0.29, 0.717) is 10.4 Å². The smallest absolute Gasteiger partial charge is 0.423 e. The summed E-state index contributed by atoms with van der Waals surface area (Å²) in [6.07, 6.45) is 2.18. The molecule has 1 aromatic rings. The summed E-state index contributed by atoms with van der Waals surface area (Å²) in [4.78, 5) is 0. The van der Waals surface area contributed by atoms with Crippen molar-refractivity contribution in [2.24, 2.45) is 0 Å². The molecule has 1 saturated carbocycles. The standard InChI is InChI=1S/C9H9BBrFO2/c11-8-4-9(12)7(10(13)14)3-6(8)5-1-2-5/h3-5,13-14H,1-2H2. The average Bonchev–Trinajstić information content (AvgIpc) is 2.86. The van der Waals surface area contributed by atoms with E-state index in [2.05, 4.69) is 15.9 Å². The second-order valence-electron chi connectivity index (χ2n) is 3.54. The van der Waals surface area contributed by atoms with Gasteiger partial charge in [-0.1, -0.05) is 22.0 Å². The minimum absolute atomic E-state index is 0.0462. The lowest BCUT2D eigenvalue weighted by Gasteiger charge is -2.07. The number of hydrogen-bond acceptors (Lipinski definition) is 2. The van der Waals surface area contributed by atoms with Crippen LogP contribution < -0.4 is 5.46 Å². The van der Waals surface area contributed by atoms with Gasteiger partial charge < -0.3 is 10.0 Å². The fourth-order valence-corrected chi connectivity index (χ4v) is 2.13. The Morgan fingerprint density at radius 1 is 1.36 bits per heavy atom. The van der Waals surface area contributed by atoms with Gasteiger partial charge in [0.1, 0.15) is 5.82 Å². The monoisotopic (exact) mass is 258 g/mol. The van der Waals surface area contributed by atoms with Crippen LogP contribution in [0.3, 0.4) is 0 Å². The van der Waals surface area contributed by atoms with Crippen molar-refractivity contribution in [3.8, 4) is 0 Å². The zero-order valence-corrected chi connectivity index (χ0v) is 8.96. The van der Waals surface area contributed by atoms with Gasteiger partial charge in [0.25, 0.3) is 0 Å². The Kier molecular flexibility index (Phi) is 2.64. The van der Waals surface area contributed by atoms with Crippen LogP contribution in [0.4, 0.5) is 4.39 Å². The molecule has 0 unspecified atom stereocenters. The van der Waals surface area contributed by atoms with Crippen LogP contribution in [0.5, 0.6) is 0 Å². The van der Waals surface area contributed by atoms with Crippen LogP contribution in [0.15, 0.2) is 16.6 Å². The zero-order valence-electron chi connectivity index (χ0n) is 7.37. The van der Waals surface area contributed by atoms with Crippen molar-refractivity contribution < 1.29 is 14.4 Å². The second-order valence-corrected chi connectivity index (χ2v) is 4.40. The van der Waals surface area contributed by atoms with Crippen LogP contribution in [0.25, 0.3) is 0 Å². The van der Waals surface area contributed by atoms with Crippen molar-refractivity contribution in [2.75, 3.05) is 0 Å². The molecule has 0 radical (unpaired) electrons. The van der Waals surface area contributed by atoms with Crippen molar-refractivity contribution in [1.82, 2.24) is 0 Å². The zero-order chi connectivity index (χ0) is 10.3. The van der Waals surface area contributed by atoms with Gasteiger partial charge in [0.05, 0.1) is 0 Å². The summed E-state index contributed by atoms with van der Waals surface area (Å²) >= 11 is 3.27. The summed E-state index contributed by atoms with van der Waals surface area (Å²) < 4.78 is 13.9. The number of rotatable bonds is 2.